The molecule has 6 N–H and O–H groups in total. The summed E-state index contributed by atoms with van der Waals surface area (Å²) in [7, 11) is 1.74. The first-order valence-corrected chi connectivity index (χ1v) is 16.4. The second-order valence-electron chi connectivity index (χ2n) is 12.8. The van der Waals surface area contributed by atoms with E-state index in [-0.39, 0.29) is 23.6 Å². The quantitative estimate of drug-likeness (QED) is 0.143. The van der Waals surface area contributed by atoms with Crippen LogP contribution < -0.4 is 4.90 Å². The van der Waals surface area contributed by atoms with Gasteiger partial charge in [0.1, 0.15) is 42.1 Å². The molecule has 2 saturated heterocycles. The highest BCUT2D eigenvalue weighted by molar-refractivity contribution is 5.96. The number of aliphatic hydroxyl groups is 5. The van der Waals surface area contributed by atoms with Crippen molar-refractivity contribution < 1.29 is 44.6 Å². The van der Waals surface area contributed by atoms with Gasteiger partial charge in [0.05, 0.1) is 24.8 Å². The lowest BCUT2D eigenvalue weighted by molar-refractivity contribution is -0.231. The van der Waals surface area contributed by atoms with E-state index in [1.807, 2.05) is 42.5 Å². The van der Waals surface area contributed by atoms with Gasteiger partial charge in [-0.05, 0) is 71.8 Å². The van der Waals surface area contributed by atoms with Gasteiger partial charge in [0.15, 0.2) is 0 Å². The predicted octanol–water partition coefficient (Wildman–Crippen LogP) is 4.60. The van der Waals surface area contributed by atoms with Crippen LogP contribution in [0.3, 0.4) is 0 Å². The Kier molecular flexibility index (Phi) is 10.3. The van der Waals surface area contributed by atoms with Gasteiger partial charge in [0.25, 0.3) is 0 Å². The van der Waals surface area contributed by atoms with Gasteiger partial charge in [-0.2, -0.15) is 0 Å². The van der Waals surface area contributed by atoms with Crippen LogP contribution in [0.1, 0.15) is 54.2 Å². The van der Waals surface area contributed by atoms with Gasteiger partial charge in [-0.1, -0.05) is 66.7 Å². The molecular weight excluding hydrogens is 631 g/mol. The normalized spacial score (nSPS) is 26.3. The second kappa shape index (κ2) is 14.6. The van der Waals surface area contributed by atoms with Crippen molar-refractivity contribution >= 4 is 11.7 Å². The van der Waals surface area contributed by atoms with Gasteiger partial charge in [-0.3, -0.25) is 4.90 Å². The van der Waals surface area contributed by atoms with E-state index >= 15 is 0 Å². The number of likely N-dealkylation sites (N-methyl/N-ethyl adjacent to an activating group) is 1. The summed E-state index contributed by atoms with van der Waals surface area (Å²) in [5.41, 5.74) is 3.86. The highest BCUT2D eigenvalue weighted by atomic mass is 19.1. The maximum absolute atomic E-state index is 13.7. The zero-order valence-electron chi connectivity index (χ0n) is 27.0. The molecule has 2 amide bonds. The van der Waals surface area contributed by atoms with E-state index in [0.717, 1.165) is 5.56 Å². The summed E-state index contributed by atoms with van der Waals surface area (Å²) in [6.45, 7) is -0.520. The number of halogens is 1. The van der Waals surface area contributed by atoms with Crippen molar-refractivity contribution in [3.05, 3.63) is 120 Å². The van der Waals surface area contributed by atoms with Crippen molar-refractivity contribution in [3.63, 3.8) is 0 Å². The molecule has 258 valence electrons. The van der Waals surface area contributed by atoms with Gasteiger partial charge >= 0.3 is 6.03 Å². The third-order valence-corrected chi connectivity index (χ3v) is 9.73. The number of carbonyl (C=O) groups excluding carboxylic acids is 1. The van der Waals surface area contributed by atoms with Crippen LogP contribution in [0.5, 0.6) is 5.75 Å². The van der Waals surface area contributed by atoms with Crippen LogP contribution in [0.2, 0.25) is 0 Å². The number of aliphatic hydroxyl groups excluding tert-OH is 5. The van der Waals surface area contributed by atoms with Crippen molar-refractivity contribution in [2.45, 2.75) is 68.0 Å². The second-order valence-corrected chi connectivity index (χ2v) is 12.8. The third kappa shape index (κ3) is 6.91. The van der Waals surface area contributed by atoms with Gasteiger partial charge in [0, 0.05) is 18.3 Å². The van der Waals surface area contributed by atoms with Crippen molar-refractivity contribution in [3.8, 4) is 16.9 Å². The molecule has 0 unspecified atom stereocenters. The number of hydrogen-bond donors (Lipinski definition) is 6. The minimum atomic E-state index is -1.49. The molecule has 4 aromatic carbocycles. The summed E-state index contributed by atoms with van der Waals surface area (Å²) in [5, 5.41) is 62.7. The summed E-state index contributed by atoms with van der Waals surface area (Å²) in [5.74, 6) is -0.373. The summed E-state index contributed by atoms with van der Waals surface area (Å²) >= 11 is 0. The standard InChI is InChI=1S/C38H41FN2O8/c1-40-29(8-5-9-30(43)23-14-17-26(39)18-15-23)33(41(38(40)48)27-6-3-2-4-7-27)28-19-16-25(20-31(28)44)22-10-12-24(13-11-22)37-36(47)35(46)34(45)32(21-42)49-37/h2-4,6-7,10-20,29-30,32-37,42-47H,5,8-9,21H2,1H3/t29-,30-,32-,33-,34-,35+,36-,37+/m1/s1. The SMILES string of the molecule is CN1C(=O)N(c2ccccc2)[C@H](c2ccc(-c3ccc([C@@H]4O[C@H](CO)[C@@H](O)[C@H](O)[C@H]4O)cc3)cc2O)[C@H]1CCC[C@@H](O)c1ccc(F)cc1. The zero-order chi connectivity index (χ0) is 34.8. The number of rotatable bonds is 10. The van der Waals surface area contributed by atoms with Crippen LogP contribution >= 0.6 is 0 Å². The van der Waals surface area contributed by atoms with E-state index in [1.54, 1.807) is 59.3 Å². The first kappa shape index (κ1) is 34.5. The number of ether oxygens (including phenoxy) is 1. The highest BCUT2D eigenvalue weighted by Gasteiger charge is 2.46. The number of carbonyl (C=O) groups is 1. The number of phenolic OH excluding ortho intramolecular Hbond substituents is 1. The Bertz CT molecular complexity index is 1720. The molecule has 2 fully saturated rings. The van der Waals surface area contributed by atoms with E-state index in [9.17, 15) is 39.8 Å². The molecule has 11 heteroatoms. The Balaban J connectivity index is 1.25. The van der Waals surface area contributed by atoms with Crippen LogP contribution in [0.25, 0.3) is 11.1 Å². The first-order valence-electron chi connectivity index (χ1n) is 16.4. The average Bonchev–Trinajstić information content (AvgIpc) is 3.36. The minimum absolute atomic E-state index is 0.000822. The molecule has 0 radical (unpaired) electrons. The molecular formula is C38H41FN2O8. The number of nitrogens with zero attached hydrogens (tertiary/aromatic N) is 2. The highest BCUT2D eigenvalue weighted by Crippen LogP contribution is 2.44. The molecule has 2 aliphatic rings. The van der Waals surface area contributed by atoms with Crippen molar-refractivity contribution in [1.82, 2.24) is 4.90 Å². The fourth-order valence-corrected chi connectivity index (χ4v) is 6.96. The molecule has 6 rings (SSSR count). The number of anilines is 1. The van der Waals surface area contributed by atoms with Crippen molar-refractivity contribution in [1.29, 1.82) is 0 Å². The number of phenols is 1. The van der Waals surface area contributed by atoms with Crippen molar-refractivity contribution in [2.24, 2.45) is 0 Å². The molecule has 2 aliphatic heterocycles. The maximum Gasteiger partial charge on any atom is 0.325 e. The predicted molar refractivity (Wildman–Crippen MR) is 180 cm³/mol. The van der Waals surface area contributed by atoms with E-state index < -0.39 is 49.3 Å². The fourth-order valence-electron chi connectivity index (χ4n) is 6.96. The van der Waals surface area contributed by atoms with Crippen LogP contribution in [-0.4, -0.2) is 85.7 Å². The van der Waals surface area contributed by atoms with Gasteiger partial charge in [-0.15, -0.1) is 0 Å². The third-order valence-electron chi connectivity index (χ3n) is 9.73. The molecule has 49 heavy (non-hydrogen) atoms. The molecule has 0 bridgehead atoms. The summed E-state index contributed by atoms with van der Waals surface area (Å²) in [6, 6.07) is 26.2. The van der Waals surface area contributed by atoms with E-state index in [1.165, 1.54) is 12.1 Å². The molecule has 0 spiro atoms. The Morgan fingerprint density at radius 1 is 0.857 bits per heavy atom. The molecule has 0 aliphatic carbocycles. The minimum Gasteiger partial charge on any atom is -0.508 e. The largest absolute Gasteiger partial charge is 0.508 e. The topological polar surface area (TPSA) is 154 Å². The Hall–Kier alpha value is -4.36. The lowest BCUT2D eigenvalue weighted by atomic mass is 9.89. The lowest BCUT2D eigenvalue weighted by Gasteiger charge is -2.40. The Labute approximate surface area is 283 Å². The van der Waals surface area contributed by atoms with Gasteiger partial charge in [0.2, 0.25) is 0 Å². The van der Waals surface area contributed by atoms with E-state index in [0.29, 0.717) is 47.2 Å². The Morgan fingerprint density at radius 3 is 2.18 bits per heavy atom. The number of benzene rings is 4. The average molecular weight is 673 g/mol. The smallest absolute Gasteiger partial charge is 0.325 e. The summed E-state index contributed by atoms with van der Waals surface area (Å²) in [4.78, 5) is 17.1. The summed E-state index contributed by atoms with van der Waals surface area (Å²) in [6.07, 6.45) is -5.58. The van der Waals surface area contributed by atoms with Crippen LogP contribution in [0.15, 0.2) is 97.1 Å². The lowest BCUT2D eigenvalue weighted by Crippen LogP contribution is -2.55. The molecule has 8 atom stereocenters. The van der Waals surface area contributed by atoms with Gasteiger partial charge in [-0.25, -0.2) is 9.18 Å². The van der Waals surface area contributed by atoms with Crippen LogP contribution in [0, 0.1) is 5.82 Å². The number of amides is 2. The van der Waals surface area contributed by atoms with Gasteiger partial charge < -0.3 is 40.3 Å². The van der Waals surface area contributed by atoms with Crippen LogP contribution in [0.4, 0.5) is 14.9 Å². The monoisotopic (exact) mass is 672 g/mol. The molecule has 4 aromatic rings. The number of hydrogen-bond acceptors (Lipinski definition) is 8. The van der Waals surface area contributed by atoms with E-state index in [2.05, 4.69) is 0 Å². The molecule has 10 nitrogen and oxygen atoms in total. The molecule has 0 saturated carbocycles. The molecule has 2 heterocycles. The summed E-state index contributed by atoms with van der Waals surface area (Å²) < 4.78 is 19.1. The number of urea groups is 1. The molecule has 0 aromatic heterocycles. The fraction of sp³-hybridized carbons (Fsp3) is 0.342. The number of para-hydroxylation sites is 1. The van der Waals surface area contributed by atoms with Crippen molar-refractivity contribution in [2.75, 3.05) is 18.6 Å². The first-order chi connectivity index (χ1) is 23.6. The van der Waals surface area contributed by atoms with E-state index in [4.69, 9.17) is 4.74 Å². The number of aromatic hydroxyl groups is 1. The zero-order valence-corrected chi connectivity index (χ0v) is 27.0. The Morgan fingerprint density at radius 2 is 1.53 bits per heavy atom. The maximum atomic E-state index is 13.7. The van der Waals surface area contributed by atoms with Crippen LogP contribution in [-0.2, 0) is 4.74 Å².